The molecule has 0 amide bonds. The van der Waals surface area contributed by atoms with Crippen LogP contribution in [-0.4, -0.2) is 53.7 Å². The number of nitrogens with two attached hydrogens (primary N) is 1. The lowest BCUT2D eigenvalue weighted by Gasteiger charge is -2.37. The molecular formula is C14H18N2O4. The lowest BCUT2D eigenvalue weighted by Crippen LogP contribution is -2.57. The fraction of sp³-hybridized carbons (Fsp3) is 0.429. The van der Waals surface area contributed by atoms with Crippen molar-refractivity contribution in [3.05, 3.63) is 35.9 Å². The molecule has 0 aliphatic carbocycles. The molecule has 1 aliphatic rings. The molecule has 1 aliphatic heterocycles. The molecule has 1 aromatic rings. The van der Waals surface area contributed by atoms with E-state index in [0.29, 0.717) is 25.3 Å². The predicted octanol–water partition coefficient (Wildman–Crippen LogP) is 0.330. The number of morpholine rings is 1. The molecule has 2 atom stereocenters. The Hall–Kier alpha value is -1.76. The van der Waals surface area contributed by atoms with Crippen LogP contribution in [0.2, 0.25) is 0 Å². The zero-order chi connectivity index (χ0) is 14.5. The molecule has 1 saturated heterocycles. The molecular weight excluding hydrogens is 260 g/mol. The zero-order valence-electron chi connectivity index (χ0n) is 11.1. The Labute approximate surface area is 117 Å². The lowest BCUT2D eigenvalue weighted by atomic mass is 9.99. The van der Waals surface area contributed by atoms with E-state index < -0.39 is 18.2 Å². The standard InChI is InChI=1S/C14H18N2O4/c15-12-9-20-7-6-16(12)11(8-13(17)18)14(19)10-4-2-1-3-5-10/h1-5,11-12H,6-9,15H2,(H,17,18). The van der Waals surface area contributed by atoms with Crippen LogP contribution in [0.15, 0.2) is 30.3 Å². The number of aliphatic carboxylic acids is 1. The maximum absolute atomic E-state index is 12.5. The van der Waals surface area contributed by atoms with Gasteiger partial charge >= 0.3 is 5.97 Å². The summed E-state index contributed by atoms with van der Waals surface area (Å²) in [5, 5.41) is 9.05. The number of ether oxygens (including phenoxy) is 1. The van der Waals surface area contributed by atoms with Gasteiger partial charge in [-0.3, -0.25) is 14.5 Å². The number of hydrogen-bond donors (Lipinski definition) is 2. The first-order chi connectivity index (χ1) is 9.59. The SMILES string of the molecule is NC1COCCN1C(CC(=O)O)C(=O)c1ccccc1. The molecule has 6 heteroatoms. The van der Waals surface area contributed by atoms with Gasteiger partial charge in [0.1, 0.15) is 0 Å². The highest BCUT2D eigenvalue weighted by atomic mass is 16.5. The average Bonchev–Trinajstić information content (AvgIpc) is 2.46. The van der Waals surface area contributed by atoms with Crippen molar-refractivity contribution in [1.82, 2.24) is 4.90 Å². The van der Waals surface area contributed by atoms with E-state index in [-0.39, 0.29) is 12.2 Å². The van der Waals surface area contributed by atoms with Gasteiger partial charge in [0.2, 0.25) is 0 Å². The summed E-state index contributed by atoms with van der Waals surface area (Å²) in [6.45, 7) is 1.21. The number of benzene rings is 1. The molecule has 0 spiro atoms. The summed E-state index contributed by atoms with van der Waals surface area (Å²) < 4.78 is 5.23. The first kappa shape index (κ1) is 14.6. The lowest BCUT2D eigenvalue weighted by molar-refractivity contribution is -0.139. The molecule has 0 radical (unpaired) electrons. The number of carboxylic acid groups (broad SMARTS) is 1. The Bertz CT molecular complexity index is 477. The van der Waals surface area contributed by atoms with Crippen molar-refractivity contribution in [3.8, 4) is 0 Å². The van der Waals surface area contributed by atoms with Gasteiger partial charge in [0, 0.05) is 12.1 Å². The third-order valence-corrected chi connectivity index (χ3v) is 3.34. The van der Waals surface area contributed by atoms with Crippen LogP contribution in [0.3, 0.4) is 0 Å². The Kier molecular flexibility index (Phi) is 4.84. The minimum absolute atomic E-state index is 0.217. The van der Waals surface area contributed by atoms with Crippen LogP contribution in [0.1, 0.15) is 16.8 Å². The van der Waals surface area contributed by atoms with Gasteiger partial charge in [-0.2, -0.15) is 0 Å². The van der Waals surface area contributed by atoms with Gasteiger partial charge in [-0.15, -0.1) is 0 Å². The van der Waals surface area contributed by atoms with Gasteiger partial charge in [-0.25, -0.2) is 0 Å². The maximum Gasteiger partial charge on any atom is 0.305 e. The largest absolute Gasteiger partial charge is 0.481 e. The fourth-order valence-electron chi connectivity index (χ4n) is 2.34. The summed E-state index contributed by atoms with van der Waals surface area (Å²) in [6.07, 6.45) is -0.720. The molecule has 6 nitrogen and oxygen atoms in total. The maximum atomic E-state index is 12.5. The highest BCUT2D eigenvalue weighted by molar-refractivity contribution is 6.01. The second kappa shape index (κ2) is 6.60. The van der Waals surface area contributed by atoms with Crippen LogP contribution >= 0.6 is 0 Å². The topological polar surface area (TPSA) is 92.9 Å². The van der Waals surface area contributed by atoms with E-state index in [2.05, 4.69) is 0 Å². The molecule has 1 aromatic carbocycles. The van der Waals surface area contributed by atoms with Crippen LogP contribution in [0.5, 0.6) is 0 Å². The first-order valence-electron chi connectivity index (χ1n) is 6.49. The molecule has 2 unspecified atom stereocenters. The summed E-state index contributed by atoms with van der Waals surface area (Å²) in [5.74, 6) is -1.23. The smallest absolute Gasteiger partial charge is 0.305 e. The summed E-state index contributed by atoms with van der Waals surface area (Å²) in [7, 11) is 0. The Morgan fingerprint density at radius 1 is 1.40 bits per heavy atom. The molecule has 0 bridgehead atoms. The summed E-state index contributed by atoms with van der Waals surface area (Å²) in [6, 6.07) is 7.93. The quantitative estimate of drug-likeness (QED) is 0.754. The summed E-state index contributed by atoms with van der Waals surface area (Å²) in [5.41, 5.74) is 6.42. The van der Waals surface area contributed by atoms with E-state index in [4.69, 9.17) is 15.6 Å². The third kappa shape index (κ3) is 3.41. The highest BCUT2D eigenvalue weighted by Gasteiger charge is 2.33. The van der Waals surface area contributed by atoms with E-state index in [1.165, 1.54) is 0 Å². The van der Waals surface area contributed by atoms with Gasteiger partial charge in [0.05, 0.1) is 31.8 Å². The number of carbonyl (C=O) groups excluding carboxylic acids is 1. The molecule has 108 valence electrons. The van der Waals surface area contributed by atoms with E-state index in [0.717, 1.165) is 0 Å². The Balaban J connectivity index is 2.22. The van der Waals surface area contributed by atoms with Gasteiger partial charge in [0.15, 0.2) is 5.78 Å². The van der Waals surface area contributed by atoms with Crippen LogP contribution in [0, 0.1) is 0 Å². The molecule has 0 saturated carbocycles. The average molecular weight is 278 g/mol. The van der Waals surface area contributed by atoms with Crippen LogP contribution in [-0.2, 0) is 9.53 Å². The molecule has 1 fully saturated rings. The van der Waals surface area contributed by atoms with E-state index >= 15 is 0 Å². The molecule has 1 heterocycles. The predicted molar refractivity (Wildman–Crippen MR) is 72.3 cm³/mol. The van der Waals surface area contributed by atoms with Crippen molar-refractivity contribution < 1.29 is 19.4 Å². The number of carbonyl (C=O) groups is 2. The van der Waals surface area contributed by atoms with E-state index in [9.17, 15) is 9.59 Å². The van der Waals surface area contributed by atoms with Gasteiger partial charge in [-0.05, 0) is 0 Å². The number of nitrogens with zero attached hydrogens (tertiary/aromatic N) is 1. The minimum atomic E-state index is -1.02. The molecule has 2 rings (SSSR count). The third-order valence-electron chi connectivity index (χ3n) is 3.34. The summed E-state index contributed by atoms with van der Waals surface area (Å²) >= 11 is 0. The highest BCUT2D eigenvalue weighted by Crippen LogP contribution is 2.16. The number of rotatable bonds is 5. The molecule has 3 N–H and O–H groups in total. The van der Waals surface area contributed by atoms with E-state index in [1.54, 1.807) is 29.2 Å². The van der Waals surface area contributed by atoms with E-state index in [1.807, 2.05) is 6.07 Å². The van der Waals surface area contributed by atoms with Gasteiger partial charge in [-0.1, -0.05) is 30.3 Å². The van der Waals surface area contributed by atoms with Crippen LogP contribution in [0.4, 0.5) is 0 Å². The first-order valence-corrected chi connectivity index (χ1v) is 6.49. The second-order valence-corrected chi connectivity index (χ2v) is 4.72. The number of ketones is 1. The zero-order valence-corrected chi connectivity index (χ0v) is 11.1. The number of Topliss-reactive ketones (excluding diaryl/α,β-unsaturated/α-hetero) is 1. The second-order valence-electron chi connectivity index (χ2n) is 4.72. The van der Waals surface area contributed by atoms with Crippen LogP contribution < -0.4 is 5.73 Å². The van der Waals surface area contributed by atoms with Crippen LogP contribution in [0.25, 0.3) is 0 Å². The van der Waals surface area contributed by atoms with Crippen molar-refractivity contribution in [1.29, 1.82) is 0 Å². The van der Waals surface area contributed by atoms with Gasteiger partial charge < -0.3 is 15.6 Å². The Morgan fingerprint density at radius 2 is 2.10 bits per heavy atom. The van der Waals surface area contributed by atoms with Crippen molar-refractivity contribution in [2.24, 2.45) is 5.73 Å². The molecule has 20 heavy (non-hydrogen) atoms. The fourth-order valence-corrected chi connectivity index (χ4v) is 2.34. The van der Waals surface area contributed by atoms with Crippen molar-refractivity contribution in [2.45, 2.75) is 18.6 Å². The molecule has 0 aromatic heterocycles. The van der Waals surface area contributed by atoms with Crippen molar-refractivity contribution >= 4 is 11.8 Å². The number of hydrogen-bond acceptors (Lipinski definition) is 5. The monoisotopic (exact) mass is 278 g/mol. The minimum Gasteiger partial charge on any atom is -0.481 e. The normalized spacial score (nSPS) is 21.4. The number of carboxylic acids is 1. The van der Waals surface area contributed by atoms with Gasteiger partial charge in [0.25, 0.3) is 0 Å². The summed E-state index contributed by atoms with van der Waals surface area (Å²) in [4.78, 5) is 25.3. The Morgan fingerprint density at radius 3 is 2.70 bits per heavy atom. The van der Waals surface area contributed by atoms with Crippen molar-refractivity contribution in [3.63, 3.8) is 0 Å². The van der Waals surface area contributed by atoms with Crippen molar-refractivity contribution in [2.75, 3.05) is 19.8 Å².